The number of amides is 4. The maximum atomic E-state index is 15.0. The third-order valence-electron chi connectivity index (χ3n) is 5.87. The van der Waals surface area contributed by atoms with Gasteiger partial charge in [0.15, 0.2) is 11.6 Å². The van der Waals surface area contributed by atoms with Crippen molar-refractivity contribution in [1.82, 2.24) is 5.32 Å². The van der Waals surface area contributed by atoms with E-state index in [2.05, 4.69) is 10.6 Å². The van der Waals surface area contributed by atoms with Gasteiger partial charge in [0.1, 0.15) is 11.9 Å². The first kappa shape index (κ1) is 23.9. The van der Waals surface area contributed by atoms with Crippen LogP contribution in [-0.4, -0.2) is 37.0 Å². The number of carbonyl (C=O) groups excluding carboxylic acids is 3. The van der Waals surface area contributed by atoms with E-state index in [9.17, 15) is 27.6 Å². The van der Waals surface area contributed by atoms with E-state index in [0.29, 0.717) is 25.8 Å². The van der Waals surface area contributed by atoms with Crippen LogP contribution in [-0.2, 0) is 9.59 Å². The first-order valence-electron chi connectivity index (χ1n) is 10.9. The van der Waals surface area contributed by atoms with Crippen LogP contribution >= 0.6 is 11.6 Å². The number of carbonyl (C=O) groups is 3. The fourth-order valence-corrected chi connectivity index (χ4v) is 4.32. The predicted molar refractivity (Wildman–Crippen MR) is 122 cm³/mol. The first-order valence-corrected chi connectivity index (χ1v) is 11.3. The molecule has 11 heteroatoms. The van der Waals surface area contributed by atoms with Crippen molar-refractivity contribution >= 4 is 46.5 Å². The van der Waals surface area contributed by atoms with Crippen LogP contribution in [0, 0.1) is 17.5 Å². The van der Waals surface area contributed by atoms with Gasteiger partial charge in [-0.25, -0.2) is 18.0 Å². The summed E-state index contributed by atoms with van der Waals surface area (Å²) in [4.78, 5) is 39.7. The van der Waals surface area contributed by atoms with Gasteiger partial charge in [0.25, 0.3) is 0 Å². The van der Waals surface area contributed by atoms with Crippen LogP contribution in [0.3, 0.4) is 0 Å². The maximum Gasteiger partial charge on any atom is 0.319 e. The van der Waals surface area contributed by atoms with E-state index >= 15 is 0 Å². The molecule has 1 atom stereocenters. The Morgan fingerprint density at radius 2 is 1.62 bits per heavy atom. The van der Waals surface area contributed by atoms with E-state index in [0.717, 1.165) is 11.0 Å². The van der Waals surface area contributed by atoms with Crippen molar-refractivity contribution in [2.24, 2.45) is 0 Å². The second kappa shape index (κ2) is 9.92. The standard InChI is InChI=1S/C23H22ClF3N4O3/c24-13-6-7-15(14(25)12-13)28-23(34)29-16-4-3-11-31(22(16)33)18-9-8-17(20(26)21(18)27)30-10-2-1-5-19(30)32/h6-9,12,16H,1-5,10-11H2,(H2,28,29,34). The van der Waals surface area contributed by atoms with Crippen molar-refractivity contribution in [1.29, 1.82) is 0 Å². The minimum absolute atomic E-state index is 0.127. The Balaban J connectivity index is 1.48. The fourth-order valence-electron chi connectivity index (χ4n) is 4.16. The quantitative estimate of drug-likeness (QED) is 0.652. The molecular weight excluding hydrogens is 473 g/mol. The normalized spacial score (nSPS) is 18.8. The zero-order valence-corrected chi connectivity index (χ0v) is 18.8. The summed E-state index contributed by atoms with van der Waals surface area (Å²) in [7, 11) is 0. The summed E-state index contributed by atoms with van der Waals surface area (Å²) in [5.74, 6) is -4.09. The summed E-state index contributed by atoms with van der Waals surface area (Å²) in [5.41, 5.74) is -0.557. The molecule has 2 heterocycles. The molecule has 2 aliphatic heterocycles. The van der Waals surface area contributed by atoms with Gasteiger partial charge in [0.2, 0.25) is 11.8 Å². The number of urea groups is 1. The van der Waals surface area contributed by atoms with Crippen LogP contribution in [0.15, 0.2) is 30.3 Å². The summed E-state index contributed by atoms with van der Waals surface area (Å²) < 4.78 is 43.8. The minimum atomic E-state index is -1.24. The van der Waals surface area contributed by atoms with E-state index in [1.54, 1.807) is 0 Å². The number of benzene rings is 2. The van der Waals surface area contributed by atoms with Crippen molar-refractivity contribution in [2.75, 3.05) is 28.2 Å². The fraction of sp³-hybridized carbons (Fsp3) is 0.348. The molecule has 1 unspecified atom stereocenters. The third-order valence-corrected chi connectivity index (χ3v) is 6.10. The van der Waals surface area contributed by atoms with Gasteiger partial charge in [-0.15, -0.1) is 0 Å². The number of piperidine rings is 2. The van der Waals surface area contributed by atoms with Crippen LogP contribution in [0.5, 0.6) is 0 Å². The number of anilines is 3. The van der Waals surface area contributed by atoms with Crippen LogP contribution in [0.1, 0.15) is 32.1 Å². The molecule has 0 radical (unpaired) electrons. The number of halogens is 4. The Bertz CT molecular complexity index is 1150. The van der Waals surface area contributed by atoms with Gasteiger partial charge in [-0.1, -0.05) is 11.6 Å². The van der Waals surface area contributed by atoms with E-state index in [-0.39, 0.29) is 47.4 Å². The van der Waals surface area contributed by atoms with Gasteiger partial charge in [0, 0.05) is 24.5 Å². The monoisotopic (exact) mass is 494 g/mol. The zero-order valence-electron chi connectivity index (χ0n) is 18.0. The lowest BCUT2D eigenvalue weighted by molar-refractivity contribution is -0.121. The number of rotatable bonds is 4. The van der Waals surface area contributed by atoms with Gasteiger partial charge in [-0.05, 0) is 56.0 Å². The highest BCUT2D eigenvalue weighted by molar-refractivity contribution is 6.30. The molecule has 0 aromatic heterocycles. The molecule has 0 bridgehead atoms. The Hall–Kier alpha value is -3.27. The molecule has 2 N–H and O–H groups in total. The van der Waals surface area contributed by atoms with E-state index in [1.807, 2.05) is 0 Å². The number of hydrogen-bond donors (Lipinski definition) is 2. The SMILES string of the molecule is O=C(Nc1ccc(Cl)cc1F)NC1CCCN(c2ccc(N3CCCCC3=O)c(F)c2F)C1=O. The van der Waals surface area contributed by atoms with Crippen molar-refractivity contribution in [3.63, 3.8) is 0 Å². The van der Waals surface area contributed by atoms with Crippen molar-refractivity contribution in [2.45, 2.75) is 38.1 Å². The second-order valence-electron chi connectivity index (χ2n) is 8.14. The molecule has 2 aliphatic rings. The molecule has 34 heavy (non-hydrogen) atoms. The molecule has 2 aromatic rings. The molecule has 0 spiro atoms. The van der Waals surface area contributed by atoms with Crippen molar-refractivity contribution in [3.05, 3.63) is 52.8 Å². The van der Waals surface area contributed by atoms with Crippen LogP contribution in [0.2, 0.25) is 5.02 Å². The lowest BCUT2D eigenvalue weighted by Crippen LogP contribution is -2.53. The molecule has 2 fully saturated rings. The number of nitrogens with zero attached hydrogens (tertiary/aromatic N) is 2. The number of hydrogen-bond acceptors (Lipinski definition) is 3. The van der Waals surface area contributed by atoms with E-state index in [1.165, 1.54) is 29.2 Å². The molecule has 2 saturated heterocycles. The summed E-state index contributed by atoms with van der Waals surface area (Å²) in [5, 5.41) is 4.91. The van der Waals surface area contributed by atoms with E-state index in [4.69, 9.17) is 11.6 Å². The average Bonchev–Trinajstić information content (AvgIpc) is 2.80. The summed E-state index contributed by atoms with van der Waals surface area (Å²) in [6.45, 7) is 0.426. The third kappa shape index (κ3) is 4.82. The highest BCUT2D eigenvalue weighted by atomic mass is 35.5. The highest BCUT2D eigenvalue weighted by Gasteiger charge is 2.34. The zero-order chi connectivity index (χ0) is 24.4. The molecule has 4 amide bonds. The first-order chi connectivity index (χ1) is 16.3. The lowest BCUT2D eigenvalue weighted by Gasteiger charge is -2.33. The average molecular weight is 495 g/mol. The predicted octanol–water partition coefficient (Wildman–Crippen LogP) is 4.59. The van der Waals surface area contributed by atoms with Gasteiger partial charge >= 0.3 is 6.03 Å². The topological polar surface area (TPSA) is 81.8 Å². The molecule has 0 aliphatic carbocycles. The molecule has 180 valence electrons. The maximum absolute atomic E-state index is 15.0. The minimum Gasteiger partial charge on any atom is -0.326 e. The van der Waals surface area contributed by atoms with Crippen LogP contribution in [0.25, 0.3) is 0 Å². The van der Waals surface area contributed by atoms with Gasteiger partial charge in [-0.3, -0.25) is 9.59 Å². The largest absolute Gasteiger partial charge is 0.326 e. The Morgan fingerprint density at radius 3 is 2.29 bits per heavy atom. The highest BCUT2D eigenvalue weighted by Crippen LogP contribution is 2.33. The number of nitrogens with one attached hydrogen (secondary N) is 2. The van der Waals surface area contributed by atoms with Crippen molar-refractivity contribution in [3.8, 4) is 0 Å². The molecule has 7 nitrogen and oxygen atoms in total. The van der Waals surface area contributed by atoms with Crippen LogP contribution in [0.4, 0.5) is 35.0 Å². The van der Waals surface area contributed by atoms with Gasteiger partial charge in [-0.2, -0.15) is 0 Å². The summed E-state index contributed by atoms with van der Waals surface area (Å²) in [6.07, 6.45) is 2.35. The second-order valence-corrected chi connectivity index (χ2v) is 8.58. The smallest absolute Gasteiger partial charge is 0.319 e. The molecular formula is C23H22ClF3N4O3. The molecule has 4 rings (SSSR count). The van der Waals surface area contributed by atoms with Crippen LogP contribution < -0.4 is 20.4 Å². The summed E-state index contributed by atoms with van der Waals surface area (Å²) in [6, 6.07) is 4.41. The molecule has 0 saturated carbocycles. The van der Waals surface area contributed by atoms with Gasteiger partial charge in [0.05, 0.1) is 17.1 Å². The Labute approximate surface area is 198 Å². The molecule has 2 aromatic carbocycles. The lowest BCUT2D eigenvalue weighted by atomic mass is 10.0. The van der Waals surface area contributed by atoms with Crippen molar-refractivity contribution < 1.29 is 27.6 Å². The Morgan fingerprint density at radius 1 is 0.941 bits per heavy atom. The van der Waals surface area contributed by atoms with Gasteiger partial charge < -0.3 is 20.4 Å². The van der Waals surface area contributed by atoms with E-state index < -0.39 is 35.4 Å². The Kier molecular flexibility index (Phi) is 6.97. The summed E-state index contributed by atoms with van der Waals surface area (Å²) >= 11 is 5.69.